The van der Waals surface area contributed by atoms with Gasteiger partial charge in [0.1, 0.15) is 11.8 Å². The fourth-order valence-electron chi connectivity index (χ4n) is 0.928. The van der Waals surface area contributed by atoms with E-state index in [1.54, 1.807) is 19.2 Å². The van der Waals surface area contributed by atoms with Crippen LogP contribution >= 0.6 is 0 Å². The molecule has 1 aromatic rings. The third-order valence-electron chi connectivity index (χ3n) is 1.49. The average Bonchev–Trinajstić information content (AvgIpc) is 2.05. The van der Waals surface area contributed by atoms with Crippen molar-refractivity contribution in [3.05, 3.63) is 29.3 Å². The largest absolute Gasteiger partial charge is 0.507 e. The van der Waals surface area contributed by atoms with Crippen LogP contribution in [0, 0.1) is 11.3 Å². The summed E-state index contributed by atoms with van der Waals surface area (Å²) in [7, 11) is 1.58. The van der Waals surface area contributed by atoms with Gasteiger partial charge in [0.2, 0.25) is 0 Å². The molecule has 0 aromatic heterocycles. The number of phenolic OH excluding ortho intramolecular Hbond substituents is 1. The topological polar surface area (TPSA) is 53.2 Å². The minimum Gasteiger partial charge on any atom is -0.507 e. The van der Waals surface area contributed by atoms with Crippen LogP contribution in [0.4, 0.5) is 0 Å². The lowest BCUT2D eigenvalue weighted by molar-refractivity contribution is 0.184. The van der Waals surface area contributed by atoms with Crippen molar-refractivity contribution >= 4 is 0 Å². The second-order valence-electron chi connectivity index (χ2n) is 2.40. The van der Waals surface area contributed by atoms with Crippen LogP contribution in [-0.4, -0.2) is 12.2 Å². The van der Waals surface area contributed by atoms with Crippen molar-refractivity contribution in [1.82, 2.24) is 0 Å². The van der Waals surface area contributed by atoms with Gasteiger partial charge in [-0.25, -0.2) is 0 Å². The van der Waals surface area contributed by atoms with E-state index in [1.165, 1.54) is 6.07 Å². The number of nitrogens with zero attached hydrogens (tertiary/aromatic N) is 1. The summed E-state index contributed by atoms with van der Waals surface area (Å²) >= 11 is 0. The maximum Gasteiger partial charge on any atom is 0.133 e. The number of aromatic hydroxyl groups is 1. The molecule has 0 unspecified atom stereocenters. The Kier molecular flexibility index (Phi) is 2.67. The van der Waals surface area contributed by atoms with Crippen molar-refractivity contribution in [2.45, 2.75) is 6.61 Å². The van der Waals surface area contributed by atoms with Crippen molar-refractivity contribution in [1.29, 1.82) is 5.26 Å². The molecule has 0 aliphatic carbocycles. The molecule has 0 fully saturated rings. The molecule has 0 spiro atoms. The Bertz CT molecular complexity index is 315. The second-order valence-corrected chi connectivity index (χ2v) is 2.40. The minimum atomic E-state index is 0.00653. The van der Waals surface area contributed by atoms with E-state index in [9.17, 15) is 5.11 Å². The van der Waals surface area contributed by atoms with Gasteiger partial charge in [-0.05, 0) is 17.7 Å². The van der Waals surface area contributed by atoms with E-state index in [0.717, 1.165) is 5.56 Å². The lowest BCUT2D eigenvalue weighted by Gasteiger charge is -2.00. The van der Waals surface area contributed by atoms with Gasteiger partial charge in [0.25, 0.3) is 0 Å². The third kappa shape index (κ3) is 1.74. The van der Waals surface area contributed by atoms with E-state index in [1.807, 2.05) is 6.07 Å². The van der Waals surface area contributed by atoms with Crippen molar-refractivity contribution in [3.63, 3.8) is 0 Å². The van der Waals surface area contributed by atoms with Gasteiger partial charge >= 0.3 is 0 Å². The predicted molar refractivity (Wildman–Crippen MR) is 43.5 cm³/mol. The average molecular weight is 163 g/mol. The summed E-state index contributed by atoms with van der Waals surface area (Å²) in [5.74, 6) is 0.00653. The maximum atomic E-state index is 9.24. The lowest BCUT2D eigenvalue weighted by Crippen LogP contribution is -1.87. The third-order valence-corrected chi connectivity index (χ3v) is 1.49. The molecule has 1 rings (SSSR count). The van der Waals surface area contributed by atoms with Crippen molar-refractivity contribution in [3.8, 4) is 11.8 Å². The van der Waals surface area contributed by atoms with Gasteiger partial charge in [-0.3, -0.25) is 0 Å². The fourth-order valence-corrected chi connectivity index (χ4v) is 0.928. The summed E-state index contributed by atoms with van der Waals surface area (Å²) < 4.78 is 4.86. The molecule has 0 amide bonds. The van der Waals surface area contributed by atoms with Gasteiger partial charge in [0.05, 0.1) is 12.2 Å². The molecule has 0 saturated carbocycles. The summed E-state index contributed by atoms with van der Waals surface area (Å²) in [4.78, 5) is 0. The van der Waals surface area contributed by atoms with Crippen LogP contribution in [0.15, 0.2) is 18.2 Å². The van der Waals surface area contributed by atoms with Crippen LogP contribution in [0.25, 0.3) is 0 Å². The minimum absolute atomic E-state index is 0.00653. The smallest absolute Gasteiger partial charge is 0.133 e. The first-order valence-corrected chi connectivity index (χ1v) is 3.49. The zero-order chi connectivity index (χ0) is 8.97. The molecule has 62 valence electrons. The fraction of sp³-hybridized carbons (Fsp3) is 0.222. The number of nitriles is 1. The van der Waals surface area contributed by atoms with E-state index < -0.39 is 0 Å². The van der Waals surface area contributed by atoms with Gasteiger partial charge in [0, 0.05) is 7.11 Å². The standard InChI is InChI=1S/C9H9NO2/c1-12-6-7-2-3-8(5-10)9(11)4-7/h2-4,11H,6H2,1H3. The van der Waals surface area contributed by atoms with Crippen LogP contribution in [-0.2, 0) is 11.3 Å². The predicted octanol–water partition coefficient (Wildman–Crippen LogP) is 1.41. The molecule has 1 N–H and O–H groups in total. The first kappa shape index (κ1) is 8.57. The van der Waals surface area contributed by atoms with Crippen LogP contribution in [0.3, 0.4) is 0 Å². The maximum absolute atomic E-state index is 9.24. The number of ether oxygens (including phenoxy) is 1. The van der Waals surface area contributed by atoms with Crippen LogP contribution < -0.4 is 0 Å². The first-order chi connectivity index (χ1) is 5.77. The number of methoxy groups -OCH3 is 1. The highest BCUT2D eigenvalue weighted by Crippen LogP contribution is 2.17. The number of phenols is 1. The van der Waals surface area contributed by atoms with E-state index in [2.05, 4.69) is 0 Å². The number of rotatable bonds is 2. The van der Waals surface area contributed by atoms with E-state index in [0.29, 0.717) is 6.61 Å². The van der Waals surface area contributed by atoms with E-state index in [-0.39, 0.29) is 11.3 Å². The Balaban J connectivity index is 2.96. The number of hydrogen-bond donors (Lipinski definition) is 1. The Hall–Kier alpha value is -1.53. The molecule has 12 heavy (non-hydrogen) atoms. The molecule has 0 aliphatic rings. The Morgan fingerprint density at radius 1 is 1.58 bits per heavy atom. The first-order valence-electron chi connectivity index (χ1n) is 3.49. The van der Waals surface area contributed by atoms with Gasteiger partial charge < -0.3 is 9.84 Å². The molecular formula is C9H9NO2. The normalized spacial score (nSPS) is 9.33. The lowest BCUT2D eigenvalue weighted by atomic mass is 10.1. The molecule has 0 heterocycles. The Labute approximate surface area is 70.8 Å². The highest BCUT2D eigenvalue weighted by molar-refractivity contribution is 5.44. The Morgan fingerprint density at radius 2 is 2.33 bits per heavy atom. The van der Waals surface area contributed by atoms with E-state index in [4.69, 9.17) is 10.00 Å². The zero-order valence-electron chi connectivity index (χ0n) is 6.74. The van der Waals surface area contributed by atoms with Gasteiger partial charge in [-0.15, -0.1) is 0 Å². The van der Waals surface area contributed by atoms with Gasteiger partial charge in [-0.1, -0.05) is 6.07 Å². The summed E-state index contributed by atoms with van der Waals surface area (Å²) in [6.45, 7) is 0.444. The van der Waals surface area contributed by atoms with Crippen molar-refractivity contribution < 1.29 is 9.84 Å². The van der Waals surface area contributed by atoms with E-state index >= 15 is 0 Å². The summed E-state index contributed by atoms with van der Waals surface area (Å²) in [6, 6.07) is 6.73. The van der Waals surface area contributed by atoms with Crippen molar-refractivity contribution in [2.24, 2.45) is 0 Å². The summed E-state index contributed by atoms with van der Waals surface area (Å²) in [5.41, 5.74) is 1.14. The monoisotopic (exact) mass is 163 g/mol. The highest BCUT2D eigenvalue weighted by atomic mass is 16.5. The summed E-state index contributed by atoms with van der Waals surface area (Å²) in [6.07, 6.45) is 0. The molecule has 0 radical (unpaired) electrons. The Morgan fingerprint density at radius 3 is 2.83 bits per heavy atom. The summed E-state index contributed by atoms with van der Waals surface area (Å²) in [5, 5.41) is 17.7. The molecule has 0 aliphatic heterocycles. The zero-order valence-corrected chi connectivity index (χ0v) is 6.74. The second kappa shape index (κ2) is 3.74. The molecule has 0 bridgehead atoms. The van der Waals surface area contributed by atoms with Crippen LogP contribution in [0.1, 0.15) is 11.1 Å². The quantitative estimate of drug-likeness (QED) is 0.717. The number of benzene rings is 1. The molecule has 1 aromatic carbocycles. The SMILES string of the molecule is COCc1ccc(C#N)c(O)c1. The van der Waals surface area contributed by atoms with Gasteiger partial charge in [-0.2, -0.15) is 5.26 Å². The molecule has 3 nitrogen and oxygen atoms in total. The number of hydrogen-bond acceptors (Lipinski definition) is 3. The molecule has 3 heteroatoms. The highest BCUT2D eigenvalue weighted by Gasteiger charge is 2.00. The van der Waals surface area contributed by atoms with Crippen LogP contribution in [0.5, 0.6) is 5.75 Å². The molecule has 0 atom stereocenters. The van der Waals surface area contributed by atoms with Crippen molar-refractivity contribution in [2.75, 3.05) is 7.11 Å². The van der Waals surface area contributed by atoms with Gasteiger partial charge in [0.15, 0.2) is 0 Å². The molecular weight excluding hydrogens is 154 g/mol. The molecule has 0 saturated heterocycles. The van der Waals surface area contributed by atoms with Crippen LogP contribution in [0.2, 0.25) is 0 Å².